The van der Waals surface area contributed by atoms with Crippen LogP contribution in [0, 0.1) is 6.92 Å². The lowest BCUT2D eigenvalue weighted by Gasteiger charge is -2.16. The van der Waals surface area contributed by atoms with Gasteiger partial charge in [0.2, 0.25) is 0 Å². The van der Waals surface area contributed by atoms with Gasteiger partial charge in [0, 0.05) is 10.3 Å². The van der Waals surface area contributed by atoms with Crippen molar-refractivity contribution in [2.45, 2.75) is 50.5 Å². The first-order valence-corrected chi connectivity index (χ1v) is 9.74. The van der Waals surface area contributed by atoms with Crippen LogP contribution in [-0.2, 0) is 10.8 Å². The zero-order chi connectivity index (χ0) is 17.4. The van der Waals surface area contributed by atoms with Gasteiger partial charge >= 0.3 is 0 Å². The summed E-state index contributed by atoms with van der Waals surface area (Å²) in [5.41, 5.74) is 2.84. The maximum Gasteiger partial charge on any atom is 0.101 e. The van der Waals surface area contributed by atoms with E-state index in [9.17, 15) is 9.32 Å². The molecule has 2 rings (SSSR count). The molecule has 3 heteroatoms. The molecule has 0 fully saturated rings. The lowest BCUT2D eigenvalue weighted by atomic mass is 9.98. The number of hydrogen-bond donors (Lipinski definition) is 1. The highest BCUT2D eigenvalue weighted by atomic mass is 32.2. The molecule has 2 nitrogen and oxygen atoms in total. The number of rotatable bonds is 8. The number of aryl methyl sites for hydroxylation is 1. The fraction of sp³-hybridized carbons (Fsp3) is 0.333. The number of aliphatic hydroxyl groups is 1. The second-order valence-corrected chi connectivity index (χ2v) is 7.38. The minimum atomic E-state index is -1.24. The minimum Gasteiger partial charge on any atom is -0.384 e. The first-order chi connectivity index (χ1) is 11.6. The van der Waals surface area contributed by atoms with Gasteiger partial charge in [0.1, 0.15) is 6.10 Å². The molecular formula is C21H26O2S. The molecule has 2 aromatic rings. The van der Waals surface area contributed by atoms with Crippen LogP contribution in [0.15, 0.2) is 70.5 Å². The summed E-state index contributed by atoms with van der Waals surface area (Å²) in [5, 5.41) is 12.5. The molecule has 0 radical (unpaired) electrons. The van der Waals surface area contributed by atoms with Crippen LogP contribution >= 0.6 is 0 Å². The van der Waals surface area contributed by atoms with E-state index in [1.165, 1.54) is 0 Å². The van der Waals surface area contributed by atoms with Gasteiger partial charge in [-0.1, -0.05) is 67.8 Å². The van der Waals surface area contributed by atoms with E-state index in [0.717, 1.165) is 47.3 Å². The van der Waals surface area contributed by atoms with E-state index in [2.05, 4.69) is 6.92 Å². The van der Waals surface area contributed by atoms with E-state index in [-0.39, 0.29) is 0 Å². The monoisotopic (exact) mass is 342 g/mol. The molecule has 0 spiro atoms. The van der Waals surface area contributed by atoms with E-state index in [4.69, 9.17) is 0 Å². The van der Waals surface area contributed by atoms with Crippen LogP contribution in [-0.4, -0.2) is 9.32 Å². The fourth-order valence-electron chi connectivity index (χ4n) is 2.57. The average Bonchev–Trinajstić information content (AvgIpc) is 2.61. The Morgan fingerprint density at radius 2 is 1.75 bits per heavy atom. The lowest BCUT2D eigenvalue weighted by molar-refractivity contribution is 0.210. The van der Waals surface area contributed by atoms with Crippen LogP contribution in [0.1, 0.15) is 49.8 Å². The Morgan fingerprint density at radius 3 is 2.38 bits per heavy atom. The maximum absolute atomic E-state index is 12.7. The number of aliphatic hydroxyl groups excluding tert-OH is 1. The Balaban J connectivity index is 2.23. The quantitative estimate of drug-likeness (QED) is 0.661. The summed E-state index contributed by atoms with van der Waals surface area (Å²) in [6, 6.07) is 17.3. The lowest BCUT2D eigenvalue weighted by Crippen LogP contribution is -2.03. The van der Waals surface area contributed by atoms with Gasteiger partial charge in [-0.3, -0.25) is 0 Å². The Labute approximate surface area is 147 Å². The summed E-state index contributed by atoms with van der Waals surface area (Å²) < 4.78 is 12.7. The Morgan fingerprint density at radius 1 is 1.08 bits per heavy atom. The molecule has 0 aliphatic heterocycles. The van der Waals surface area contributed by atoms with Crippen LogP contribution in [0.2, 0.25) is 0 Å². The van der Waals surface area contributed by atoms with Crippen molar-refractivity contribution in [1.82, 2.24) is 0 Å². The van der Waals surface area contributed by atoms with Gasteiger partial charge in [-0.2, -0.15) is 0 Å². The van der Waals surface area contributed by atoms with Crippen molar-refractivity contribution in [1.29, 1.82) is 0 Å². The summed E-state index contributed by atoms with van der Waals surface area (Å²) >= 11 is 0. The van der Waals surface area contributed by atoms with Gasteiger partial charge in [-0.15, -0.1) is 0 Å². The van der Waals surface area contributed by atoms with Crippen molar-refractivity contribution in [2.75, 3.05) is 0 Å². The van der Waals surface area contributed by atoms with Gasteiger partial charge in [0.05, 0.1) is 10.8 Å². The Hall–Kier alpha value is -1.71. The first-order valence-electron chi connectivity index (χ1n) is 8.52. The van der Waals surface area contributed by atoms with Crippen molar-refractivity contribution < 1.29 is 9.32 Å². The van der Waals surface area contributed by atoms with E-state index in [0.29, 0.717) is 0 Å². The largest absolute Gasteiger partial charge is 0.384 e. The summed E-state index contributed by atoms with van der Waals surface area (Å²) in [6.07, 6.45) is 3.29. The molecule has 0 bridgehead atoms. The summed E-state index contributed by atoms with van der Waals surface area (Å²) in [4.78, 5) is 0.772. The molecular weight excluding hydrogens is 316 g/mol. The van der Waals surface area contributed by atoms with E-state index in [1.54, 1.807) is 5.41 Å². The van der Waals surface area contributed by atoms with Gasteiger partial charge in [0.25, 0.3) is 0 Å². The molecule has 128 valence electrons. The third-order valence-electron chi connectivity index (χ3n) is 4.05. The molecule has 2 aromatic carbocycles. The normalized spacial score (nSPS) is 14.4. The molecule has 24 heavy (non-hydrogen) atoms. The minimum absolute atomic E-state index is 0.697. The molecule has 0 amide bonds. The predicted octanol–water partition coefficient (Wildman–Crippen LogP) is 5.30. The topological polar surface area (TPSA) is 37.3 Å². The second-order valence-electron chi connectivity index (χ2n) is 6.07. The third kappa shape index (κ3) is 5.43. The summed E-state index contributed by atoms with van der Waals surface area (Å²) in [6.45, 7) is 4.17. The summed E-state index contributed by atoms with van der Waals surface area (Å²) in [5.74, 6) is 0. The fourth-order valence-corrected chi connectivity index (χ4v) is 3.63. The zero-order valence-corrected chi connectivity index (χ0v) is 15.3. The van der Waals surface area contributed by atoms with Crippen molar-refractivity contribution in [2.24, 2.45) is 0 Å². The van der Waals surface area contributed by atoms with Crippen molar-refractivity contribution in [3.8, 4) is 0 Å². The zero-order valence-electron chi connectivity index (χ0n) is 14.4. The van der Waals surface area contributed by atoms with Gasteiger partial charge < -0.3 is 5.11 Å². The summed E-state index contributed by atoms with van der Waals surface area (Å²) in [7, 11) is -1.24. The van der Waals surface area contributed by atoms with E-state index in [1.807, 2.05) is 61.5 Å². The van der Waals surface area contributed by atoms with Crippen LogP contribution in [0.4, 0.5) is 0 Å². The van der Waals surface area contributed by atoms with Crippen molar-refractivity contribution in [3.05, 3.63) is 76.7 Å². The van der Waals surface area contributed by atoms with Crippen LogP contribution < -0.4 is 0 Å². The number of benzene rings is 2. The molecule has 1 N–H and O–H groups in total. The molecule has 0 aromatic heterocycles. The smallest absolute Gasteiger partial charge is 0.101 e. The first kappa shape index (κ1) is 18.6. The molecule has 0 aliphatic rings. The van der Waals surface area contributed by atoms with Crippen LogP contribution in [0.3, 0.4) is 0 Å². The SMILES string of the molecule is CCCCC/C(=C/S(=O)c1ccc(C)cc1)C(O)c1ccccc1. The highest BCUT2D eigenvalue weighted by Gasteiger charge is 2.15. The van der Waals surface area contributed by atoms with Gasteiger partial charge in [0.15, 0.2) is 0 Å². The number of unbranched alkanes of at least 4 members (excludes halogenated alkanes) is 2. The Bertz CT molecular complexity index is 675. The average molecular weight is 343 g/mol. The highest BCUT2D eigenvalue weighted by molar-refractivity contribution is 7.88. The molecule has 0 saturated heterocycles. The van der Waals surface area contributed by atoms with Crippen molar-refractivity contribution >= 4 is 10.8 Å². The standard InChI is InChI=1S/C21H26O2S/c1-3-4-6-11-19(21(22)18-9-7-5-8-10-18)16-24(23)20-14-12-17(2)13-15-20/h5,7-10,12-16,21-22H,3-4,6,11H2,1-2H3/b19-16-. The van der Waals surface area contributed by atoms with Gasteiger partial charge in [-0.05, 0) is 43.0 Å². The van der Waals surface area contributed by atoms with Crippen molar-refractivity contribution in [3.63, 3.8) is 0 Å². The van der Waals surface area contributed by atoms with E-state index >= 15 is 0 Å². The molecule has 0 saturated carbocycles. The van der Waals surface area contributed by atoms with Gasteiger partial charge in [-0.25, -0.2) is 4.21 Å². The van der Waals surface area contributed by atoms with Crippen LogP contribution in [0.5, 0.6) is 0 Å². The molecule has 2 unspecified atom stereocenters. The predicted molar refractivity (Wildman–Crippen MR) is 101 cm³/mol. The molecule has 0 heterocycles. The highest BCUT2D eigenvalue weighted by Crippen LogP contribution is 2.27. The maximum atomic E-state index is 12.7. The second kappa shape index (κ2) is 9.55. The Kier molecular flexibility index (Phi) is 7.41. The van der Waals surface area contributed by atoms with Crippen LogP contribution in [0.25, 0.3) is 0 Å². The third-order valence-corrected chi connectivity index (χ3v) is 5.30. The molecule has 2 atom stereocenters. The molecule has 0 aliphatic carbocycles. The number of hydrogen-bond acceptors (Lipinski definition) is 2. The van der Waals surface area contributed by atoms with E-state index < -0.39 is 16.9 Å².